The molecule has 0 spiro atoms. The van der Waals surface area contributed by atoms with Gasteiger partial charge in [-0.1, -0.05) is 30.0 Å². The van der Waals surface area contributed by atoms with E-state index in [1.165, 1.54) is 44.0 Å². The van der Waals surface area contributed by atoms with Crippen molar-refractivity contribution in [1.29, 1.82) is 5.26 Å². The number of rotatable bonds is 7. The van der Waals surface area contributed by atoms with Crippen LogP contribution in [0.4, 0.5) is 5.69 Å². The zero-order valence-corrected chi connectivity index (χ0v) is 21.3. The predicted octanol–water partition coefficient (Wildman–Crippen LogP) is 4.70. The van der Waals surface area contributed by atoms with Crippen molar-refractivity contribution in [3.05, 3.63) is 61.8 Å². The molecule has 0 radical (unpaired) electrons. The maximum absolute atomic E-state index is 13.1. The molecule has 1 aromatic rings. The van der Waals surface area contributed by atoms with Crippen LogP contribution < -0.4 is 10.6 Å². The second kappa shape index (κ2) is 9.40. The van der Waals surface area contributed by atoms with Crippen molar-refractivity contribution < 1.29 is 14.5 Å². The van der Waals surface area contributed by atoms with Gasteiger partial charge in [-0.05, 0) is 70.1 Å². The average Bonchev–Trinajstić information content (AvgIpc) is 2.80. The summed E-state index contributed by atoms with van der Waals surface area (Å²) in [7, 11) is 0. The van der Waals surface area contributed by atoms with E-state index in [1.54, 1.807) is 25.1 Å². The molecule has 188 valence electrons. The van der Waals surface area contributed by atoms with Crippen molar-refractivity contribution in [2.75, 3.05) is 5.75 Å². The molecule has 36 heavy (non-hydrogen) atoms. The number of allylic oxidation sites excluding steroid dienone is 3. The number of nitro groups is 1. The summed E-state index contributed by atoms with van der Waals surface area (Å²) in [4.78, 5) is 36.9. The molecule has 8 nitrogen and oxygen atoms in total. The highest BCUT2D eigenvalue weighted by atomic mass is 32.2. The summed E-state index contributed by atoms with van der Waals surface area (Å²) in [5, 5.41) is 28.8. The van der Waals surface area contributed by atoms with Gasteiger partial charge in [-0.25, -0.2) is 0 Å². The number of hydrogen-bond acceptors (Lipinski definition) is 7. The van der Waals surface area contributed by atoms with Crippen LogP contribution >= 0.6 is 11.8 Å². The van der Waals surface area contributed by atoms with Crippen LogP contribution in [0.2, 0.25) is 0 Å². The van der Waals surface area contributed by atoms with Crippen LogP contribution in [0.15, 0.2) is 46.1 Å². The largest absolute Gasteiger partial charge is 0.353 e. The molecule has 0 saturated heterocycles. The third kappa shape index (κ3) is 4.43. The van der Waals surface area contributed by atoms with E-state index in [-0.39, 0.29) is 34.2 Å². The van der Waals surface area contributed by atoms with Gasteiger partial charge in [0.15, 0.2) is 5.78 Å². The number of nitro benzene ring substituents is 1. The molecule has 9 heteroatoms. The van der Waals surface area contributed by atoms with Crippen molar-refractivity contribution in [3.63, 3.8) is 0 Å². The Kier molecular flexibility index (Phi) is 6.41. The maximum atomic E-state index is 13.1. The summed E-state index contributed by atoms with van der Waals surface area (Å²) in [5.41, 5.74) is 1.13. The van der Waals surface area contributed by atoms with Crippen molar-refractivity contribution in [1.82, 2.24) is 10.6 Å². The lowest BCUT2D eigenvalue weighted by Gasteiger charge is -2.56. The summed E-state index contributed by atoms with van der Waals surface area (Å²) in [6.45, 7) is 3.12. The first-order chi connectivity index (χ1) is 17.2. The van der Waals surface area contributed by atoms with E-state index in [1.807, 2.05) is 0 Å². The number of para-hydroxylation sites is 1. The number of nitriles is 1. The van der Waals surface area contributed by atoms with Gasteiger partial charge in [-0.3, -0.25) is 19.7 Å². The molecule has 4 saturated carbocycles. The molecule has 2 N–H and O–H groups in total. The summed E-state index contributed by atoms with van der Waals surface area (Å²) in [6, 6.07) is 8.37. The molecule has 1 heterocycles. The number of thioether (sulfide) groups is 1. The Morgan fingerprint density at radius 3 is 2.36 bits per heavy atom. The summed E-state index contributed by atoms with van der Waals surface area (Å²) in [6.07, 6.45) is 7.06. The first-order valence-corrected chi connectivity index (χ1v) is 13.5. The van der Waals surface area contributed by atoms with Gasteiger partial charge in [0.2, 0.25) is 5.91 Å². The Morgan fingerprint density at radius 2 is 1.81 bits per heavy atom. The van der Waals surface area contributed by atoms with E-state index >= 15 is 0 Å². The lowest BCUT2D eigenvalue weighted by atomic mass is 9.53. The van der Waals surface area contributed by atoms with Crippen LogP contribution in [0, 0.1) is 39.2 Å². The molecule has 1 aliphatic heterocycles. The smallest absolute Gasteiger partial charge is 0.273 e. The van der Waals surface area contributed by atoms with Crippen LogP contribution in [-0.2, 0) is 9.59 Å². The SMILES string of the molecule is CC(=O)C1=C(C)NC(SCC(=O)NC23CC4CC(CC(C4)C2)C3)=C(C#N)[C@H]1c1ccccc1[N+](=O)[O-]. The monoisotopic (exact) mass is 506 g/mol. The molecular formula is C27H30N4O4S. The van der Waals surface area contributed by atoms with Crippen LogP contribution in [0.5, 0.6) is 0 Å². The second-order valence-electron chi connectivity index (χ2n) is 10.9. The molecule has 4 aliphatic carbocycles. The van der Waals surface area contributed by atoms with Gasteiger partial charge in [0, 0.05) is 28.4 Å². The Labute approximate surface area is 214 Å². The third-order valence-electron chi connectivity index (χ3n) is 8.26. The molecule has 1 atom stereocenters. The molecule has 6 rings (SSSR count). The Hall–Kier alpha value is -3.12. The summed E-state index contributed by atoms with van der Waals surface area (Å²) < 4.78 is 0. The van der Waals surface area contributed by atoms with E-state index in [0.717, 1.165) is 37.0 Å². The average molecular weight is 507 g/mol. The van der Waals surface area contributed by atoms with Crippen molar-refractivity contribution in [2.24, 2.45) is 17.8 Å². The standard InChI is InChI=1S/C27H30N4O4S/c1-15-24(16(2)32)25(20-5-3-4-6-22(20)31(34)35)21(13-28)26(29-15)36-14-23(33)30-27-10-17-7-18(11-27)9-19(8-17)12-27/h3-6,17-19,25,29H,7-12,14H2,1-2H3,(H,30,33)/t17?,18?,19?,25-,27?/m1/s1. The Morgan fingerprint density at radius 1 is 1.19 bits per heavy atom. The molecule has 0 aromatic heterocycles. The molecule has 5 aliphatic rings. The van der Waals surface area contributed by atoms with Crippen molar-refractivity contribution in [2.45, 2.75) is 63.8 Å². The topological polar surface area (TPSA) is 125 Å². The van der Waals surface area contributed by atoms with Gasteiger partial charge in [0.1, 0.15) is 0 Å². The zero-order valence-electron chi connectivity index (χ0n) is 20.5. The minimum atomic E-state index is -0.871. The van der Waals surface area contributed by atoms with Crippen LogP contribution in [0.1, 0.15) is 63.9 Å². The van der Waals surface area contributed by atoms with Gasteiger partial charge >= 0.3 is 0 Å². The summed E-state index contributed by atoms with van der Waals surface area (Å²) >= 11 is 1.22. The van der Waals surface area contributed by atoms with Crippen LogP contribution in [0.3, 0.4) is 0 Å². The molecule has 1 aromatic carbocycles. The molecule has 4 bridgehead atoms. The number of carbonyl (C=O) groups excluding carboxylic acids is 2. The van der Waals surface area contributed by atoms with E-state index < -0.39 is 10.8 Å². The number of ketones is 1. The van der Waals surface area contributed by atoms with Gasteiger partial charge in [0.05, 0.1) is 33.3 Å². The second-order valence-corrected chi connectivity index (χ2v) is 11.8. The van der Waals surface area contributed by atoms with Crippen LogP contribution in [-0.4, -0.2) is 27.9 Å². The van der Waals surface area contributed by atoms with Gasteiger partial charge in [0.25, 0.3) is 5.69 Å². The highest BCUT2D eigenvalue weighted by Gasteiger charge is 2.51. The predicted molar refractivity (Wildman–Crippen MR) is 136 cm³/mol. The van der Waals surface area contributed by atoms with E-state index in [4.69, 9.17) is 0 Å². The fraction of sp³-hybridized carbons (Fsp3) is 0.519. The first-order valence-electron chi connectivity index (χ1n) is 12.5. The minimum Gasteiger partial charge on any atom is -0.353 e. The van der Waals surface area contributed by atoms with Gasteiger partial charge < -0.3 is 10.6 Å². The van der Waals surface area contributed by atoms with Crippen LogP contribution in [0.25, 0.3) is 0 Å². The molecule has 0 unspecified atom stereocenters. The zero-order chi connectivity index (χ0) is 25.6. The number of dihydropyridines is 1. The lowest BCUT2D eigenvalue weighted by molar-refractivity contribution is -0.385. The Bertz CT molecular complexity index is 1210. The summed E-state index contributed by atoms with van der Waals surface area (Å²) in [5.74, 6) is 1.09. The molecular weight excluding hydrogens is 476 g/mol. The molecule has 1 amide bonds. The highest BCUT2D eigenvalue weighted by Crippen LogP contribution is 2.55. The fourth-order valence-corrected chi connectivity index (χ4v) is 8.33. The molecule has 4 fully saturated rings. The van der Waals surface area contributed by atoms with Gasteiger partial charge in [-0.15, -0.1) is 0 Å². The number of amides is 1. The number of nitrogens with zero attached hydrogens (tertiary/aromatic N) is 2. The number of Topliss-reactive ketones (excluding diaryl/α,β-unsaturated/α-hetero) is 1. The van der Waals surface area contributed by atoms with Gasteiger partial charge in [-0.2, -0.15) is 5.26 Å². The Balaban J connectivity index is 1.39. The highest BCUT2D eigenvalue weighted by molar-refractivity contribution is 8.03. The minimum absolute atomic E-state index is 0.0604. The van der Waals surface area contributed by atoms with Crippen molar-refractivity contribution in [3.8, 4) is 6.07 Å². The maximum Gasteiger partial charge on any atom is 0.273 e. The third-order valence-corrected chi connectivity index (χ3v) is 9.28. The number of nitrogens with one attached hydrogen (secondary N) is 2. The fourth-order valence-electron chi connectivity index (χ4n) is 7.44. The van der Waals surface area contributed by atoms with E-state index in [9.17, 15) is 25.0 Å². The number of carbonyl (C=O) groups is 2. The number of hydrogen-bond donors (Lipinski definition) is 2. The quantitative estimate of drug-likeness (QED) is 0.406. The van der Waals surface area contributed by atoms with E-state index in [2.05, 4.69) is 16.7 Å². The lowest BCUT2D eigenvalue weighted by Crippen LogP contribution is -2.60. The number of benzene rings is 1. The van der Waals surface area contributed by atoms with Crippen molar-refractivity contribution >= 4 is 29.1 Å². The normalized spacial score (nSPS) is 30.6. The van der Waals surface area contributed by atoms with E-state index in [0.29, 0.717) is 21.9 Å². The first kappa shape index (κ1) is 24.6.